The van der Waals surface area contributed by atoms with Gasteiger partial charge in [0.1, 0.15) is 0 Å². The molecule has 6 heteroatoms. The van der Waals surface area contributed by atoms with Crippen molar-refractivity contribution in [2.24, 2.45) is 5.92 Å². The first-order valence-electron chi connectivity index (χ1n) is 7.68. The van der Waals surface area contributed by atoms with Crippen LogP contribution in [0.15, 0.2) is 5.38 Å². The van der Waals surface area contributed by atoms with Gasteiger partial charge in [-0.2, -0.15) is 0 Å². The Bertz CT molecular complexity index is 366. The van der Waals surface area contributed by atoms with E-state index >= 15 is 0 Å². The maximum absolute atomic E-state index is 4.73. The predicted molar refractivity (Wildman–Crippen MR) is 97.1 cm³/mol. The van der Waals surface area contributed by atoms with Crippen LogP contribution >= 0.6 is 36.2 Å². The van der Waals surface area contributed by atoms with E-state index in [1.807, 2.05) is 11.3 Å². The lowest BCUT2D eigenvalue weighted by Crippen LogP contribution is -2.36. The first-order valence-corrected chi connectivity index (χ1v) is 8.56. The van der Waals surface area contributed by atoms with Crippen LogP contribution in [-0.4, -0.2) is 36.1 Å². The van der Waals surface area contributed by atoms with Crippen molar-refractivity contribution in [1.82, 2.24) is 15.2 Å². The maximum atomic E-state index is 4.73. The van der Waals surface area contributed by atoms with Crippen LogP contribution in [0.4, 0.5) is 0 Å². The van der Waals surface area contributed by atoms with Gasteiger partial charge in [-0.25, -0.2) is 4.98 Å². The number of aromatic nitrogens is 1. The SMILES string of the molecule is CCCc1nc(CN2CCC(CNCC)CC2)cs1.Cl.Cl. The fourth-order valence-corrected chi connectivity index (χ4v) is 3.57. The zero-order chi connectivity index (χ0) is 13.5. The maximum Gasteiger partial charge on any atom is 0.0928 e. The Kier molecular flexibility index (Phi) is 11.7. The van der Waals surface area contributed by atoms with Crippen molar-refractivity contribution < 1.29 is 0 Å². The number of nitrogens with one attached hydrogen (secondary N) is 1. The fraction of sp³-hybridized carbons (Fsp3) is 0.800. The van der Waals surface area contributed by atoms with E-state index in [0.29, 0.717) is 0 Å². The Morgan fingerprint density at radius 3 is 2.62 bits per heavy atom. The van der Waals surface area contributed by atoms with E-state index in [2.05, 4.69) is 29.4 Å². The van der Waals surface area contributed by atoms with E-state index in [4.69, 9.17) is 4.98 Å². The third-order valence-corrected chi connectivity index (χ3v) is 4.80. The van der Waals surface area contributed by atoms with E-state index < -0.39 is 0 Å². The first kappa shape index (κ1) is 21.1. The minimum atomic E-state index is 0. The minimum Gasteiger partial charge on any atom is -0.317 e. The second-order valence-corrected chi connectivity index (χ2v) is 6.45. The van der Waals surface area contributed by atoms with Crippen LogP contribution < -0.4 is 5.32 Å². The van der Waals surface area contributed by atoms with Crippen molar-refractivity contribution in [1.29, 1.82) is 0 Å². The number of nitrogens with zero attached hydrogens (tertiary/aromatic N) is 2. The van der Waals surface area contributed by atoms with Crippen LogP contribution in [0.25, 0.3) is 0 Å². The molecule has 1 aromatic heterocycles. The quantitative estimate of drug-likeness (QED) is 0.808. The highest BCUT2D eigenvalue weighted by Gasteiger charge is 2.19. The van der Waals surface area contributed by atoms with Crippen molar-refractivity contribution in [3.63, 3.8) is 0 Å². The van der Waals surface area contributed by atoms with E-state index in [9.17, 15) is 0 Å². The Hall–Kier alpha value is 0.130. The number of halogens is 2. The molecule has 0 aliphatic carbocycles. The highest BCUT2D eigenvalue weighted by atomic mass is 35.5. The molecule has 0 bridgehead atoms. The van der Waals surface area contributed by atoms with E-state index in [-0.39, 0.29) is 24.8 Å². The normalized spacial score (nSPS) is 16.3. The Morgan fingerprint density at radius 2 is 2.00 bits per heavy atom. The van der Waals surface area contributed by atoms with Gasteiger partial charge in [-0.3, -0.25) is 4.90 Å². The molecule has 2 heterocycles. The molecule has 1 saturated heterocycles. The molecule has 0 atom stereocenters. The summed E-state index contributed by atoms with van der Waals surface area (Å²) < 4.78 is 0. The largest absolute Gasteiger partial charge is 0.317 e. The van der Waals surface area contributed by atoms with Gasteiger partial charge in [0.15, 0.2) is 0 Å². The molecule has 0 unspecified atom stereocenters. The van der Waals surface area contributed by atoms with Gasteiger partial charge < -0.3 is 5.32 Å². The third-order valence-electron chi connectivity index (χ3n) is 3.84. The molecular formula is C15H29Cl2N3S. The molecule has 1 aromatic rings. The third kappa shape index (κ3) is 7.29. The lowest BCUT2D eigenvalue weighted by molar-refractivity contribution is 0.174. The number of aryl methyl sites for hydroxylation is 1. The summed E-state index contributed by atoms with van der Waals surface area (Å²) in [5.41, 5.74) is 1.28. The number of hydrogen-bond acceptors (Lipinski definition) is 4. The second kappa shape index (κ2) is 11.7. The highest BCUT2D eigenvalue weighted by molar-refractivity contribution is 7.09. The average molecular weight is 354 g/mol. The van der Waals surface area contributed by atoms with E-state index in [1.165, 1.54) is 49.6 Å². The summed E-state index contributed by atoms with van der Waals surface area (Å²) in [4.78, 5) is 7.29. The molecule has 21 heavy (non-hydrogen) atoms. The molecule has 1 fully saturated rings. The lowest BCUT2D eigenvalue weighted by Gasteiger charge is -2.31. The molecular weight excluding hydrogens is 325 g/mol. The molecule has 2 rings (SSSR count). The molecule has 0 aromatic carbocycles. The summed E-state index contributed by atoms with van der Waals surface area (Å²) in [6.45, 7) is 10.2. The summed E-state index contributed by atoms with van der Waals surface area (Å²) in [7, 11) is 0. The Morgan fingerprint density at radius 1 is 1.29 bits per heavy atom. The molecule has 0 radical (unpaired) electrons. The van der Waals surface area contributed by atoms with Gasteiger partial charge in [-0.05, 0) is 57.8 Å². The zero-order valence-corrected chi connectivity index (χ0v) is 15.6. The molecule has 3 nitrogen and oxygen atoms in total. The van der Waals surface area contributed by atoms with Crippen molar-refractivity contribution in [2.45, 2.75) is 46.1 Å². The number of piperidine rings is 1. The monoisotopic (exact) mass is 353 g/mol. The van der Waals surface area contributed by atoms with Crippen LogP contribution in [-0.2, 0) is 13.0 Å². The van der Waals surface area contributed by atoms with Crippen molar-refractivity contribution in [2.75, 3.05) is 26.2 Å². The summed E-state index contributed by atoms with van der Waals surface area (Å²) >= 11 is 1.83. The van der Waals surface area contributed by atoms with Gasteiger partial charge in [0.25, 0.3) is 0 Å². The summed E-state index contributed by atoms with van der Waals surface area (Å²) in [5.74, 6) is 0.877. The van der Waals surface area contributed by atoms with Crippen LogP contribution in [0.3, 0.4) is 0 Å². The van der Waals surface area contributed by atoms with Crippen molar-refractivity contribution in [3.8, 4) is 0 Å². The van der Waals surface area contributed by atoms with Gasteiger partial charge in [-0.1, -0.05) is 13.8 Å². The number of thiazole rings is 1. The fourth-order valence-electron chi connectivity index (χ4n) is 2.68. The molecule has 0 amide bonds. The van der Waals surface area contributed by atoms with Gasteiger partial charge in [0, 0.05) is 11.9 Å². The molecule has 1 aliphatic heterocycles. The standard InChI is InChI=1S/C15H27N3S.2ClH/c1-3-5-15-17-14(12-19-15)11-18-8-6-13(7-9-18)10-16-4-2;;/h12-13,16H,3-11H2,1-2H3;2*1H. The minimum absolute atomic E-state index is 0. The number of hydrogen-bond donors (Lipinski definition) is 1. The number of likely N-dealkylation sites (tertiary alicyclic amines) is 1. The van der Waals surface area contributed by atoms with Crippen molar-refractivity contribution in [3.05, 3.63) is 16.1 Å². The molecule has 124 valence electrons. The lowest BCUT2D eigenvalue weighted by atomic mass is 9.97. The predicted octanol–water partition coefficient (Wildman–Crippen LogP) is 3.76. The summed E-state index contributed by atoms with van der Waals surface area (Å²) in [6.07, 6.45) is 5.00. The zero-order valence-electron chi connectivity index (χ0n) is 13.1. The Balaban J connectivity index is 0.00000200. The molecule has 0 saturated carbocycles. The van der Waals surface area contributed by atoms with Crippen LogP contribution in [0.1, 0.15) is 43.8 Å². The summed E-state index contributed by atoms with van der Waals surface area (Å²) in [6, 6.07) is 0. The average Bonchev–Trinajstić information content (AvgIpc) is 2.86. The molecule has 1 aliphatic rings. The van der Waals surface area contributed by atoms with Crippen molar-refractivity contribution >= 4 is 36.2 Å². The first-order chi connectivity index (χ1) is 9.31. The molecule has 1 N–H and O–H groups in total. The smallest absolute Gasteiger partial charge is 0.0928 e. The Labute approximate surface area is 145 Å². The van der Waals surface area contributed by atoms with E-state index in [1.54, 1.807) is 0 Å². The highest BCUT2D eigenvalue weighted by Crippen LogP contribution is 2.19. The van der Waals surface area contributed by atoms with Gasteiger partial charge >= 0.3 is 0 Å². The van der Waals surface area contributed by atoms with E-state index in [0.717, 1.165) is 25.4 Å². The van der Waals surface area contributed by atoms with Crippen LogP contribution in [0.5, 0.6) is 0 Å². The topological polar surface area (TPSA) is 28.2 Å². The second-order valence-electron chi connectivity index (χ2n) is 5.51. The summed E-state index contributed by atoms with van der Waals surface area (Å²) in [5, 5.41) is 7.02. The van der Waals surface area contributed by atoms with Gasteiger partial charge in [0.2, 0.25) is 0 Å². The van der Waals surface area contributed by atoms with Crippen LogP contribution in [0.2, 0.25) is 0 Å². The van der Waals surface area contributed by atoms with Gasteiger partial charge in [-0.15, -0.1) is 36.2 Å². The number of rotatable bonds is 7. The van der Waals surface area contributed by atoms with Crippen LogP contribution in [0, 0.1) is 5.92 Å². The molecule has 0 spiro atoms. The van der Waals surface area contributed by atoms with Gasteiger partial charge in [0.05, 0.1) is 10.7 Å².